The third kappa shape index (κ3) is 6.39. The second-order valence-electron chi connectivity index (χ2n) is 3.40. The van der Waals surface area contributed by atoms with Crippen LogP contribution in [0.3, 0.4) is 0 Å². The van der Waals surface area contributed by atoms with Gasteiger partial charge in [0.1, 0.15) is 18.1 Å². The molecule has 0 fully saturated rings. The molecule has 19 heavy (non-hydrogen) atoms. The first-order chi connectivity index (χ1) is 8.90. The number of carbonyl (C=O) groups excluding carboxylic acids is 1. The summed E-state index contributed by atoms with van der Waals surface area (Å²) in [7, 11) is 1.53. The predicted molar refractivity (Wildman–Crippen MR) is 61.1 cm³/mol. The zero-order chi connectivity index (χ0) is 14.3. The van der Waals surface area contributed by atoms with Gasteiger partial charge in [-0.3, -0.25) is 0 Å². The fourth-order valence-electron chi connectivity index (χ4n) is 1.18. The van der Waals surface area contributed by atoms with Gasteiger partial charge < -0.3 is 14.8 Å². The van der Waals surface area contributed by atoms with Crippen molar-refractivity contribution in [3.05, 3.63) is 24.3 Å². The molecule has 0 aromatic heterocycles. The van der Waals surface area contributed by atoms with Gasteiger partial charge in [0.15, 0.2) is 0 Å². The Morgan fingerprint density at radius 2 is 1.79 bits per heavy atom. The molecular formula is C11H13F3N2O3. The molecule has 0 saturated heterocycles. The van der Waals surface area contributed by atoms with E-state index in [0.29, 0.717) is 11.5 Å². The van der Waals surface area contributed by atoms with Crippen LogP contribution in [-0.4, -0.2) is 32.6 Å². The van der Waals surface area contributed by atoms with E-state index in [4.69, 9.17) is 9.47 Å². The molecule has 0 unspecified atom stereocenters. The van der Waals surface area contributed by atoms with Crippen LogP contribution in [0.25, 0.3) is 0 Å². The molecule has 106 valence electrons. The summed E-state index contributed by atoms with van der Waals surface area (Å²) in [6, 6.07) is 5.34. The third-order valence-corrected chi connectivity index (χ3v) is 1.97. The fourth-order valence-corrected chi connectivity index (χ4v) is 1.18. The molecule has 0 bridgehead atoms. The number of methoxy groups -OCH3 is 1. The monoisotopic (exact) mass is 278 g/mol. The molecule has 0 atom stereocenters. The van der Waals surface area contributed by atoms with Crippen LogP contribution in [0.5, 0.6) is 11.5 Å². The minimum atomic E-state index is -4.74. The maximum Gasteiger partial charge on any atom is 0.485 e. The Balaban J connectivity index is 2.21. The normalized spacial score (nSPS) is 10.7. The number of nitrogens with one attached hydrogen (secondary N) is 2. The molecule has 1 rings (SSSR count). The van der Waals surface area contributed by atoms with Crippen LogP contribution < -0.4 is 20.1 Å². The smallest absolute Gasteiger partial charge is 0.485 e. The SMILES string of the molecule is COc1ccc(OCCNC(=O)NC(F)(F)F)cc1. The lowest BCUT2D eigenvalue weighted by atomic mass is 10.3. The highest BCUT2D eigenvalue weighted by Crippen LogP contribution is 2.16. The predicted octanol–water partition coefficient (Wildman–Crippen LogP) is 1.89. The average molecular weight is 278 g/mol. The van der Waals surface area contributed by atoms with Gasteiger partial charge in [-0.05, 0) is 24.3 Å². The Morgan fingerprint density at radius 1 is 1.21 bits per heavy atom. The molecule has 0 saturated carbocycles. The summed E-state index contributed by atoms with van der Waals surface area (Å²) in [4.78, 5) is 10.7. The van der Waals surface area contributed by atoms with Crippen molar-refractivity contribution in [2.45, 2.75) is 6.30 Å². The quantitative estimate of drug-likeness (QED) is 0.638. The molecule has 5 nitrogen and oxygen atoms in total. The Bertz CT molecular complexity index is 407. The van der Waals surface area contributed by atoms with Crippen molar-refractivity contribution in [1.82, 2.24) is 10.6 Å². The van der Waals surface area contributed by atoms with Gasteiger partial charge in [0.25, 0.3) is 0 Å². The Kier molecular flexibility index (Phi) is 5.28. The van der Waals surface area contributed by atoms with Gasteiger partial charge >= 0.3 is 12.3 Å². The maximum absolute atomic E-state index is 11.7. The topological polar surface area (TPSA) is 59.6 Å². The minimum absolute atomic E-state index is 0.0477. The molecule has 2 amide bonds. The largest absolute Gasteiger partial charge is 0.497 e. The number of rotatable bonds is 5. The van der Waals surface area contributed by atoms with Gasteiger partial charge in [0, 0.05) is 0 Å². The molecule has 0 heterocycles. The molecule has 0 aliphatic carbocycles. The van der Waals surface area contributed by atoms with Crippen molar-refractivity contribution in [2.75, 3.05) is 20.3 Å². The number of urea groups is 1. The molecule has 0 aliphatic heterocycles. The van der Waals surface area contributed by atoms with E-state index < -0.39 is 12.3 Å². The van der Waals surface area contributed by atoms with Crippen LogP contribution in [0.4, 0.5) is 18.0 Å². The minimum Gasteiger partial charge on any atom is -0.497 e. The number of carbonyl (C=O) groups is 1. The van der Waals surface area contributed by atoms with Crippen molar-refractivity contribution in [3.8, 4) is 11.5 Å². The zero-order valence-electron chi connectivity index (χ0n) is 10.1. The number of amides is 2. The molecule has 0 aliphatic rings. The van der Waals surface area contributed by atoms with Gasteiger partial charge in [-0.2, -0.15) is 13.2 Å². The van der Waals surface area contributed by atoms with Gasteiger partial charge in [-0.15, -0.1) is 0 Å². The van der Waals surface area contributed by atoms with Crippen LogP contribution >= 0.6 is 0 Å². The fraction of sp³-hybridized carbons (Fsp3) is 0.364. The second-order valence-corrected chi connectivity index (χ2v) is 3.40. The molecular weight excluding hydrogens is 265 g/mol. The standard InChI is InChI=1S/C11H13F3N2O3/c1-18-8-2-4-9(5-3-8)19-7-6-15-10(17)16-11(12,13)14/h2-5H,6-7H2,1H3,(H2,15,16,17). The van der Waals surface area contributed by atoms with E-state index in [0.717, 1.165) is 5.32 Å². The molecule has 1 aromatic carbocycles. The number of benzene rings is 1. The summed E-state index contributed by atoms with van der Waals surface area (Å²) in [6.07, 6.45) is -4.74. The summed E-state index contributed by atoms with van der Waals surface area (Å²) < 4.78 is 45.4. The van der Waals surface area contributed by atoms with E-state index in [-0.39, 0.29) is 13.2 Å². The van der Waals surface area contributed by atoms with Crippen molar-refractivity contribution in [1.29, 1.82) is 0 Å². The van der Waals surface area contributed by atoms with Crippen LogP contribution in [0.2, 0.25) is 0 Å². The molecule has 1 aromatic rings. The van der Waals surface area contributed by atoms with Crippen molar-refractivity contribution in [3.63, 3.8) is 0 Å². The number of halogens is 3. The van der Waals surface area contributed by atoms with Crippen molar-refractivity contribution < 1.29 is 27.4 Å². The summed E-state index contributed by atoms with van der Waals surface area (Å²) in [5.41, 5.74) is 0. The van der Waals surface area contributed by atoms with E-state index in [1.807, 2.05) is 5.32 Å². The van der Waals surface area contributed by atoms with Crippen LogP contribution in [0, 0.1) is 0 Å². The van der Waals surface area contributed by atoms with Crippen LogP contribution in [0.15, 0.2) is 24.3 Å². The Morgan fingerprint density at radius 3 is 2.32 bits per heavy atom. The first-order valence-electron chi connectivity index (χ1n) is 5.30. The van der Waals surface area contributed by atoms with E-state index in [2.05, 4.69) is 0 Å². The lowest BCUT2D eigenvalue weighted by Crippen LogP contribution is -2.45. The first-order valence-corrected chi connectivity index (χ1v) is 5.30. The Labute approximate surface area is 107 Å². The summed E-state index contributed by atoms with van der Waals surface area (Å²) in [5, 5.41) is 2.82. The lowest BCUT2D eigenvalue weighted by Gasteiger charge is -2.10. The van der Waals surface area contributed by atoms with E-state index in [1.54, 1.807) is 24.3 Å². The molecule has 0 radical (unpaired) electrons. The maximum atomic E-state index is 11.7. The summed E-state index contributed by atoms with van der Waals surface area (Å²) in [6.45, 7) is 0.00550. The van der Waals surface area contributed by atoms with Crippen LogP contribution in [0.1, 0.15) is 0 Å². The van der Waals surface area contributed by atoms with E-state index in [1.165, 1.54) is 7.11 Å². The number of hydrogen-bond donors (Lipinski definition) is 2. The van der Waals surface area contributed by atoms with Gasteiger partial charge in [-0.25, -0.2) is 10.1 Å². The van der Waals surface area contributed by atoms with Crippen molar-refractivity contribution >= 4 is 6.03 Å². The molecule has 0 spiro atoms. The van der Waals surface area contributed by atoms with Gasteiger partial charge in [-0.1, -0.05) is 0 Å². The zero-order valence-corrected chi connectivity index (χ0v) is 10.1. The number of ether oxygens (including phenoxy) is 2. The van der Waals surface area contributed by atoms with Gasteiger partial charge in [0.2, 0.25) is 0 Å². The van der Waals surface area contributed by atoms with E-state index >= 15 is 0 Å². The summed E-state index contributed by atoms with van der Waals surface area (Å²) in [5.74, 6) is 1.19. The molecule has 8 heteroatoms. The summed E-state index contributed by atoms with van der Waals surface area (Å²) >= 11 is 0. The highest BCUT2D eigenvalue weighted by molar-refractivity contribution is 5.74. The van der Waals surface area contributed by atoms with Crippen molar-refractivity contribution in [2.24, 2.45) is 0 Å². The van der Waals surface area contributed by atoms with E-state index in [9.17, 15) is 18.0 Å². The molecule has 2 N–H and O–H groups in total. The number of hydrogen-bond acceptors (Lipinski definition) is 3. The van der Waals surface area contributed by atoms with Gasteiger partial charge in [0.05, 0.1) is 13.7 Å². The second kappa shape index (κ2) is 6.72. The first kappa shape index (κ1) is 14.9. The highest BCUT2D eigenvalue weighted by Gasteiger charge is 2.29. The lowest BCUT2D eigenvalue weighted by molar-refractivity contribution is -0.145. The van der Waals surface area contributed by atoms with Crippen LogP contribution in [-0.2, 0) is 0 Å². The Hall–Kier alpha value is -2.12. The average Bonchev–Trinajstić information content (AvgIpc) is 2.33. The third-order valence-electron chi connectivity index (χ3n) is 1.97. The highest BCUT2D eigenvalue weighted by atomic mass is 19.4. The number of alkyl halides is 3.